The Balaban J connectivity index is 0.00000274. The van der Waals surface area contributed by atoms with E-state index in [9.17, 15) is 9.90 Å². The molecule has 0 atom stereocenters. The number of aliphatic imine (C=N–C) groups is 1. The van der Waals surface area contributed by atoms with Crippen LogP contribution >= 0.6 is 0 Å². The Morgan fingerprint density at radius 3 is 2.51 bits per heavy atom. The van der Waals surface area contributed by atoms with Gasteiger partial charge in [-0.1, -0.05) is 53.4 Å². The zero-order valence-corrected chi connectivity index (χ0v) is 22.7. The van der Waals surface area contributed by atoms with Crippen molar-refractivity contribution in [3.63, 3.8) is 0 Å². The highest BCUT2D eigenvalue weighted by Gasteiger charge is 2.14. The van der Waals surface area contributed by atoms with Crippen molar-refractivity contribution >= 4 is 29.2 Å². The number of hydrogen-bond acceptors (Lipinski definition) is 8. The topological polar surface area (TPSA) is 119 Å². The number of aliphatic hydroxyl groups excluding tert-OH is 1. The second-order valence-corrected chi connectivity index (χ2v) is 7.64. The predicted octanol–water partition coefficient (Wildman–Crippen LogP) is 3.43. The van der Waals surface area contributed by atoms with Gasteiger partial charge in [-0.05, 0) is 33.0 Å². The molecule has 0 aliphatic heterocycles. The van der Waals surface area contributed by atoms with E-state index in [0.717, 1.165) is 5.39 Å². The number of nitrogen functional groups attached to an aromatic ring is 1. The molecule has 0 saturated carbocycles. The van der Waals surface area contributed by atoms with Crippen LogP contribution < -0.4 is 5.73 Å². The molecule has 9 nitrogen and oxygen atoms in total. The van der Waals surface area contributed by atoms with Gasteiger partial charge in [-0.25, -0.2) is 4.98 Å². The van der Waals surface area contributed by atoms with Gasteiger partial charge in [0.15, 0.2) is 6.61 Å². The number of allylic oxidation sites excluding steroid dienone is 1. The van der Waals surface area contributed by atoms with Crippen molar-refractivity contribution in [3.8, 4) is 11.8 Å². The highest BCUT2D eigenvalue weighted by molar-refractivity contribution is 5.86. The van der Waals surface area contributed by atoms with Crippen molar-refractivity contribution < 1.29 is 14.6 Å². The molecule has 0 aromatic carbocycles. The number of rotatable bonds is 8. The van der Waals surface area contributed by atoms with Crippen LogP contribution in [0.5, 0.6) is 0 Å². The number of nitrogens with two attached hydrogens (primary N) is 1. The number of esters is 1. The van der Waals surface area contributed by atoms with Gasteiger partial charge in [0.25, 0.3) is 0 Å². The fourth-order valence-electron chi connectivity index (χ4n) is 2.83. The minimum Gasteiger partial charge on any atom is -0.452 e. The molecule has 2 rings (SSSR count). The van der Waals surface area contributed by atoms with Gasteiger partial charge >= 0.3 is 5.97 Å². The van der Waals surface area contributed by atoms with E-state index in [-0.39, 0.29) is 37.6 Å². The zero-order valence-electron chi connectivity index (χ0n) is 22.7. The van der Waals surface area contributed by atoms with Crippen LogP contribution in [0.3, 0.4) is 0 Å². The minimum absolute atomic E-state index is 0.0113. The molecule has 0 amide bonds. The van der Waals surface area contributed by atoms with Crippen molar-refractivity contribution in [2.24, 2.45) is 10.9 Å². The SMILES string of the molecule is CC.CC.Cc1nc(N)nc2c1c(C#CCOC(=O)CN(C)C)cn2C/C(=C/CO)N=CC(C)C. The van der Waals surface area contributed by atoms with Gasteiger partial charge in [0, 0.05) is 12.4 Å². The van der Waals surface area contributed by atoms with Gasteiger partial charge in [-0.3, -0.25) is 14.7 Å². The summed E-state index contributed by atoms with van der Waals surface area (Å²) in [4.78, 5) is 26.5. The van der Waals surface area contributed by atoms with Crippen LogP contribution in [0.15, 0.2) is 23.0 Å². The van der Waals surface area contributed by atoms with Crippen LogP contribution in [0.2, 0.25) is 0 Å². The van der Waals surface area contributed by atoms with Crippen LogP contribution in [0.4, 0.5) is 5.95 Å². The van der Waals surface area contributed by atoms with Crippen molar-refractivity contribution in [1.82, 2.24) is 19.4 Å². The average Bonchev–Trinajstić information content (AvgIpc) is 3.14. The maximum absolute atomic E-state index is 11.7. The van der Waals surface area contributed by atoms with Gasteiger partial charge in [-0.2, -0.15) is 4.98 Å². The number of likely N-dealkylation sites (N-methyl/N-ethyl adjacent to an activating group) is 1. The Hall–Kier alpha value is -3.22. The molecule has 2 aromatic rings. The lowest BCUT2D eigenvalue weighted by atomic mass is 10.2. The number of carbonyl (C=O) groups is 1. The van der Waals surface area contributed by atoms with E-state index >= 15 is 0 Å². The quantitative estimate of drug-likeness (QED) is 0.333. The Bertz CT molecular complexity index is 1040. The van der Waals surface area contributed by atoms with Gasteiger partial charge in [0.2, 0.25) is 5.95 Å². The first-order valence-electron chi connectivity index (χ1n) is 12.0. The fourth-order valence-corrected chi connectivity index (χ4v) is 2.83. The standard InChI is InChI=1S/C22H30N6O3.2C2H6/c1-15(2)11-24-18(8-9-29)13-28-12-17(7-6-10-31-19(30)14-27(4)5)20-16(3)25-22(23)26-21(20)28;2*1-2/h8,11-12,15,29H,9-10,13-14H2,1-5H3,(H2,23,25,26);2*1-2H3/b18-8-,24-11?;;. The summed E-state index contributed by atoms with van der Waals surface area (Å²) in [7, 11) is 3.59. The third kappa shape index (κ3) is 11.2. The van der Waals surface area contributed by atoms with Crippen LogP contribution in [0.1, 0.15) is 52.8 Å². The number of aromatic nitrogens is 3. The van der Waals surface area contributed by atoms with Gasteiger partial charge < -0.3 is 20.1 Å². The monoisotopic (exact) mass is 486 g/mol. The van der Waals surface area contributed by atoms with Crippen LogP contribution in [-0.4, -0.2) is 70.6 Å². The molecule has 35 heavy (non-hydrogen) atoms. The van der Waals surface area contributed by atoms with E-state index in [0.29, 0.717) is 29.1 Å². The minimum atomic E-state index is -0.337. The van der Waals surface area contributed by atoms with Crippen molar-refractivity contribution in [1.29, 1.82) is 0 Å². The highest BCUT2D eigenvalue weighted by Crippen LogP contribution is 2.24. The molecular weight excluding hydrogens is 444 g/mol. The molecule has 194 valence electrons. The highest BCUT2D eigenvalue weighted by atomic mass is 16.5. The third-order valence-electron chi connectivity index (χ3n) is 4.09. The molecule has 0 aliphatic carbocycles. The number of aryl methyl sites for hydroxylation is 1. The summed E-state index contributed by atoms with van der Waals surface area (Å²) in [5, 5.41) is 10.1. The van der Waals surface area contributed by atoms with Gasteiger partial charge in [0.1, 0.15) is 5.65 Å². The Morgan fingerprint density at radius 1 is 1.29 bits per heavy atom. The summed E-state index contributed by atoms with van der Waals surface area (Å²) in [6.07, 6.45) is 5.32. The van der Waals surface area contributed by atoms with Gasteiger partial charge in [-0.15, -0.1) is 0 Å². The van der Waals surface area contributed by atoms with E-state index in [1.807, 2.05) is 65.4 Å². The van der Waals surface area contributed by atoms with E-state index in [4.69, 9.17) is 10.5 Å². The Morgan fingerprint density at radius 2 is 1.94 bits per heavy atom. The maximum Gasteiger partial charge on any atom is 0.321 e. The number of aliphatic hydroxyl groups is 1. The number of anilines is 1. The number of fused-ring (bicyclic) bond motifs is 1. The molecule has 0 bridgehead atoms. The molecule has 0 aliphatic rings. The average molecular weight is 487 g/mol. The molecular formula is C26H42N6O3. The fraction of sp³-hybridized carbons (Fsp3) is 0.538. The van der Waals surface area contributed by atoms with E-state index in [1.165, 1.54) is 0 Å². The first-order valence-corrected chi connectivity index (χ1v) is 12.0. The molecule has 0 saturated heterocycles. The lowest BCUT2D eigenvalue weighted by molar-refractivity contribution is -0.142. The predicted molar refractivity (Wildman–Crippen MR) is 144 cm³/mol. The molecule has 0 spiro atoms. The van der Waals surface area contributed by atoms with Crippen LogP contribution in [0.25, 0.3) is 11.0 Å². The van der Waals surface area contributed by atoms with Crippen LogP contribution in [0, 0.1) is 24.7 Å². The summed E-state index contributed by atoms with van der Waals surface area (Å²) in [5.41, 5.74) is 8.59. The summed E-state index contributed by atoms with van der Waals surface area (Å²) in [6.45, 7) is 14.4. The first-order chi connectivity index (χ1) is 16.7. The molecule has 0 fully saturated rings. The second kappa shape index (κ2) is 17.2. The molecule has 0 radical (unpaired) electrons. The molecule has 2 heterocycles. The Labute approximate surface area is 210 Å². The molecule has 0 unspecified atom stereocenters. The number of carbonyl (C=O) groups excluding carboxylic acids is 1. The van der Waals surface area contributed by atoms with E-state index < -0.39 is 0 Å². The third-order valence-corrected chi connectivity index (χ3v) is 4.09. The van der Waals surface area contributed by atoms with Gasteiger partial charge in [0.05, 0.1) is 42.0 Å². The summed E-state index contributed by atoms with van der Waals surface area (Å²) >= 11 is 0. The summed E-state index contributed by atoms with van der Waals surface area (Å²) in [5.74, 6) is 6.03. The van der Waals surface area contributed by atoms with Crippen molar-refractivity contribution in [2.75, 3.05) is 39.6 Å². The summed E-state index contributed by atoms with van der Waals surface area (Å²) < 4.78 is 7.00. The van der Waals surface area contributed by atoms with Crippen molar-refractivity contribution in [3.05, 3.63) is 29.2 Å². The molecule has 2 aromatic heterocycles. The first kappa shape index (κ1) is 31.8. The lowest BCUT2D eigenvalue weighted by Gasteiger charge is -2.07. The lowest BCUT2D eigenvalue weighted by Crippen LogP contribution is -2.23. The number of hydrogen-bond donors (Lipinski definition) is 2. The molecule has 9 heteroatoms. The van der Waals surface area contributed by atoms with E-state index in [2.05, 4.69) is 26.8 Å². The normalized spacial score (nSPS) is 11.0. The second-order valence-electron chi connectivity index (χ2n) is 7.64. The number of nitrogens with zero attached hydrogens (tertiary/aromatic N) is 5. The zero-order chi connectivity index (χ0) is 27.0. The largest absolute Gasteiger partial charge is 0.452 e. The van der Waals surface area contributed by atoms with Crippen LogP contribution in [-0.2, 0) is 16.1 Å². The maximum atomic E-state index is 11.7. The van der Waals surface area contributed by atoms with E-state index in [1.54, 1.807) is 25.1 Å². The smallest absolute Gasteiger partial charge is 0.321 e. The molecule has 3 N–H and O–H groups in total. The summed E-state index contributed by atoms with van der Waals surface area (Å²) in [6, 6.07) is 0. The Kier molecular flexibility index (Phi) is 15.7. The van der Waals surface area contributed by atoms with Crippen molar-refractivity contribution in [2.45, 2.75) is 55.0 Å². The number of ether oxygens (including phenoxy) is 1.